The molecule has 4 aliphatic carbocycles. The van der Waals surface area contributed by atoms with Gasteiger partial charge < -0.3 is 37.2 Å². The Morgan fingerprint density at radius 3 is 2.46 bits per heavy atom. The Hall–Kier alpha value is -5.80. The molecule has 3 fully saturated rings. The van der Waals surface area contributed by atoms with E-state index >= 15 is 4.39 Å². The fourth-order valence-electron chi connectivity index (χ4n) is 10.7. The molecule has 8 rings (SSSR count). The highest BCUT2D eigenvalue weighted by Gasteiger charge is 2.75. The molecule has 8 atom stereocenters. The number of nitrogens with one attached hydrogen (secondary N) is 2. The first-order valence-electron chi connectivity index (χ1n) is 20.0. The number of hydrogen-bond acceptors (Lipinski definition) is 12. The molecule has 59 heavy (non-hydrogen) atoms. The molecule has 0 aliphatic heterocycles. The fraction of sp³-hybridized carbons (Fsp3) is 0.432. The molecule has 2 aromatic carbocycles. The molecule has 0 spiro atoms. The number of allylic oxidation sites excluding steroid dienone is 4. The van der Waals surface area contributed by atoms with E-state index in [1.54, 1.807) is 31.3 Å². The summed E-state index contributed by atoms with van der Waals surface area (Å²) in [4.78, 5) is 58.3. The van der Waals surface area contributed by atoms with Crippen molar-refractivity contribution >= 4 is 46.2 Å². The first-order chi connectivity index (χ1) is 28.0. The number of aliphatic hydroxyl groups is 2. The average molecular weight is 804 g/mol. The molecule has 3 saturated carbocycles. The van der Waals surface area contributed by atoms with Crippen molar-refractivity contribution in [3.63, 3.8) is 0 Å². The van der Waals surface area contributed by atoms with Crippen LogP contribution in [0.4, 0.5) is 21.8 Å². The second kappa shape index (κ2) is 14.5. The number of alkyl halides is 1. The van der Waals surface area contributed by atoms with Gasteiger partial charge >= 0.3 is 0 Å². The van der Waals surface area contributed by atoms with Crippen molar-refractivity contribution in [1.82, 2.24) is 30.6 Å². The number of fused-ring (bicyclic) bond motifs is 6. The molecule has 15 heteroatoms. The molecular weight excluding hydrogens is 754 g/mol. The molecule has 4 aromatic rings. The summed E-state index contributed by atoms with van der Waals surface area (Å²) in [5.74, 6) is -2.27. The van der Waals surface area contributed by atoms with Gasteiger partial charge in [-0.2, -0.15) is 9.97 Å². The van der Waals surface area contributed by atoms with Gasteiger partial charge in [0.1, 0.15) is 0 Å². The third-order valence-corrected chi connectivity index (χ3v) is 13.9. The van der Waals surface area contributed by atoms with Crippen LogP contribution >= 0.6 is 0 Å². The number of amides is 2. The number of halogens is 1. The van der Waals surface area contributed by atoms with Crippen molar-refractivity contribution in [2.75, 3.05) is 23.4 Å². The van der Waals surface area contributed by atoms with Gasteiger partial charge in [-0.3, -0.25) is 14.4 Å². The lowest BCUT2D eigenvalue weighted by molar-refractivity contribution is -0.219. The van der Waals surface area contributed by atoms with E-state index < -0.39 is 45.9 Å². The minimum Gasteiger partial charge on any atom is -0.390 e. The van der Waals surface area contributed by atoms with Gasteiger partial charge in [-0.1, -0.05) is 49.8 Å². The zero-order chi connectivity index (χ0) is 42.1. The molecule has 2 heterocycles. The number of benzene rings is 2. The van der Waals surface area contributed by atoms with E-state index in [9.17, 15) is 24.6 Å². The number of aromatic nitrogens is 4. The van der Waals surface area contributed by atoms with Crippen LogP contribution in [0, 0.1) is 28.6 Å². The van der Waals surface area contributed by atoms with E-state index in [-0.39, 0.29) is 48.9 Å². The Balaban J connectivity index is 0.880. The van der Waals surface area contributed by atoms with Crippen molar-refractivity contribution in [3.8, 4) is 0 Å². The minimum absolute atomic E-state index is 0.0296. The maximum Gasteiger partial charge on any atom is 0.253 e. The minimum atomic E-state index is -2.05. The number of ketones is 1. The third-order valence-electron chi connectivity index (χ3n) is 13.9. The topological polar surface area (TPSA) is 223 Å². The molecule has 0 bridgehead atoms. The second-order valence-corrected chi connectivity index (χ2v) is 17.3. The quantitative estimate of drug-likeness (QED) is 0.141. The summed E-state index contributed by atoms with van der Waals surface area (Å²) < 4.78 is 17.6. The number of rotatable bonds is 9. The normalized spacial score (nSPS) is 30.8. The lowest BCUT2D eigenvalue weighted by Crippen LogP contribution is -2.70. The molecule has 0 saturated heterocycles. The first-order valence-corrected chi connectivity index (χ1v) is 20.0. The monoisotopic (exact) mass is 803 g/mol. The summed E-state index contributed by atoms with van der Waals surface area (Å²) >= 11 is 0. The van der Waals surface area contributed by atoms with Crippen LogP contribution < -0.4 is 27.0 Å². The smallest absolute Gasteiger partial charge is 0.253 e. The summed E-state index contributed by atoms with van der Waals surface area (Å²) in [5, 5.41) is 29.9. The van der Waals surface area contributed by atoms with Crippen molar-refractivity contribution < 1.29 is 29.0 Å². The third kappa shape index (κ3) is 6.41. The summed E-state index contributed by atoms with van der Waals surface area (Å²) in [6.45, 7) is 6.18. The average Bonchev–Trinajstić information content (AvgIpc) is 3.41. The van der Waals surface area contributed by atoms with Crippen LogP contribution in [-0.4, -0.2) is 72.2 Å². The van der Waals surface area contributed by atoms with Crippen LogP contribution in [0.15, 0.2) is 78.5 Å². The number of carbonyl (C=O) groups is 3. The Kier molecular flexibility index (Phi) is 9.82. The predicted molar refractivity (Wildman–Crippen MR) is 220 cm³/mol. The second-order valence-electron chi connectivity index (χ2n) is 17.3. The fourth-order valence-corrected chi connectivity index (χ4v) is 10.7. The highest BCUT2D eigenvalue weighted by atomic mass is 19.1. The zero-order valence-electron chi connectivity index (χ0n) is 33.6. The van der Waals surface area contributed by atoms with Crippen LogP contribution in [-0.2, 0) is 29.2 Å². The molecule has 2 aromatic heterocycles. The van der Waals surface area contributed by atoms with Gasteiger partial charge in [0.2, 0.25) is 5.95 Å². The van der Waals surface area contributed by atoms with Crippen LogP contribution in [0.25, 0.3) is 11.2 Å². The van der Waals surface area contributed by atoms with Gasteiger partial charge in [0.25, 0.3) is 11.8 Å². The summed E-state index contributed by atoms with van der Waals surface area (Å²) in [7, 11) is 1.89. The molecule has 4 aliphatic rings. The maximum atomic E-state index is 17.6. The highest BCUT2D eigenvalue weighted by Crippen LogP contribution is 2.70. The molecule has 8 N–H and O–H groups in total. The van der Waals surface area contributed by atoms with Crippen LogP contribution in [0.2, 0.25) is 0 Å². The number of hydrogen-bond donors (Lipinski definition) is 6. The molecule has 308 valence electrons. The van der Waals surface area contributed by atoms with Crippen molar-refractivity contribution in [3.05, 3.63) is 101 Å². The SMILES string of the molecule is C[C@H]1C[C@@H]2C3CCC4=CC(=O)C=C[C@@]4(C)[C@]3(F)[C@H](O)C[C@@]2(C)[C@]1(O)C(=O)NCc1cccc(CNC(=O)c2ccc(N(C)Cc3cnc4nc(N)nc(N)c4n3)cc2)c1. The van der Waals surface area contributed by atoms with E-state index in [1.165, 1.54) is 12.2 Å². The molecule has 1 unspecified atom stereocenters. The van der Waals surface area contributed by atoms with Gasteiger partial charge in [0.15, 0.2) is 34.0 Å². The molecular formula is C44H50FN9O5. The van der Waals surface area contributed by atoms with E-state index in [2.05, 4.69) is 30.6 Å². The van der Waals surface area contributed by atoms with Crippen molar-refractivity contribution in [2.45, 2.75) is 83.5 Å². The van der Waals surface area contributed by atoms with Crippen LogP contribution in [0.5, 0.6) is 0 Å². The molecule has 14 nitrogen and oxygen atoms in total. The van der Waals surface area contributed by atoms with Crippen LogP contribution in [0.1, 0.15) is 73.6 Å². The van der Waals surface area contributed by atoms with E-state index in [0.717, 1.165) is 16.8 Å². The van der Waals surface area contributed by atoms with E-state index in [0.29, 0.717) is 53.8 Å². The summed E-state index contributed by atoms with van der Waals surface area (Å²) in [6.07, 6.45) is 5.90. The van der Waals surface area contributed by atoms with Crippen LogP contribution in [0.3, 0.4) is 0 Å². The van der Waals surface area contributed by atoms with Crippen molar-refractivity contribution in [1.29, 1.82) is 0 Å². The Morgan fingerprint density at radius 2 is 1.73 bits per heavy atom. The predicted octanol–water partition coefficient (Wildman–Crippen LogP) is 4.11. The number of anilines is 3. The lowest BCUT2D eigenvalue weighted by atomic mass is 9.44. The van der Waals surface area contributed by atoms with Gasteiger partial charge in [-0.25, -0.2) is 14.4 Å². The Bertz CT molecular complexity index is 2430. The number of carbonyl (C=O) groups excluding carboxylic acids is 3. The first kappa shape index (κ1) is 40.0. The lowest BCUT2D eigenvalue weighted by Gasteiger charge is -2.62. The number of nitrogens with two attached hydrogens (primary N) is 2. The van der Waals surface area contributed by atoms with Crippen molar-refractivity contribution in [2.24, 2.45) is 28.6 Å². The Morgan fingerprint density at radius 1 is 1.02 bits per heavy atom. The number of nitrogen functional groups attached to an aromatic ring is 2. The van der Waals surface area contributed by atoms with Gasteiger partial charge in [-0.05, 0) is 92.0 Å². The highest BCUT2D eigenvalue weighted by molar-refractivity contribution is 6.01. The standard InChI is InChI=1S/C44H50FN9O5/c1-24-16-33-32-13-10-28-18-31(55)14-15-41(28,2)43(32,45)34(56)19-42(33,3)44(24,59)39(58)50-21-26-7-5-6-25(17-26)20-49-38(57)27-8-11-30(12-9-27)54(4)23-29-22-48-37-35(51-29)36(46)52-40(47)53-37/h5-9,11-12,14-15,17-18,22,24,32-34,56,59H,10,13,16,19-21,23H2,1-4H3,(H,49,57)(H,50,58)(H4,46,47,48,52,53)/t24-,32?,33+,34+,41+,42+,43+,44+/m0/s1. The summed E-state index contributed by atoms with van der Waals surface area (Å²) in [5.41, 5.74) is 10.4. The number of nitrogens with zero attached hydrogens (tertiary/aromatic N) is 5. The van der Waals surface area contributed by atoms with Gasteiger partial charge in [0.05, 0.1) is 24.5 Å². The van der Waals surface area contributed by atoms with E-state index in [1.807, 2.05) is 62.2 Å². The van der Waals surface area contributed by atoms with E-state index in [4.69, 9.17) is 11.5 Å². The number of aliphatic hydroxyl groups excluding tert-OH is 1. The Labute approximate surface area is 341 Å². The van der Waals surface area contributed by atoms with Gasteiger partial charge in [0, 0.05) is 48.1 Å². The summed E-state index contributed by atoms with van der Waals surface area (Å²) in [6, 6.07) is 14.6. The zero-order valence-corrected chi connectivity index (χ0v) is 33.6. The molecule has 0 radical (unpaired) electrons. The molecule has 2 amide bonds. The maximum absolute atomic E-state index is 17.6. The largest absolute Gasteiger partial charge is 0.390 e. The van der Waals surface area contributed by atoms with Gasteiger partial charge in [-0.15, -0.1) is 0 Å².